The maximum atomic E-state index is 12.5. The van der Waals surface area contributed by atoms with Crippen molar-refractivity contribution in [2.75, 3.05) is 16.9 Å². The molecule has 6 nitrogen and oxygen atoms in total. The first-order chi connectivity index (χ1) is 12.4. The van der Waals surface area contributed by atoms with Gasteiger partial charge in [-0.3, -0.25) is 9.80 Å². The van der Waals surface area contributed by atoms with E-state index < -0.39 is 5.79 Å². The van der Waals surface area contributed by atoms with Crippen LogP contribution >= 0.6 is 0 Å². The summed E-state index contributed by atoms with van der Waals surface area (Å²) < 4.78 is 11.4. The molecule has 1 N–H and O–H groups in total. The number of benzene rings is 2. The van der Waals surface area contributed by atoms with Crippen LogP contribution in [0.1, 0.15) is 37.6 Å². The van der Waals surface area contributed by atoms with Gasteiger partial charge in [0.1, 0.15) is 0 Å². The monoisotopic (exact) mass is 351 g/mol. The molecule has 6 heteroatoms. The molecule has 0 aliphatic carbocycles. The third-order valence-electron chi connectivity index (χ3n) is 4.32. The Balaban J connectivity index is 1.46. The molecule has 1 amide bonds. The van der Waals surface area contributed by atoms with Crippen molar-refractivity contribution in [3.8, 4) is 11.5 Å². The number of ether oxygens (including phenoxy) is 2. The van der Waals surface area contributed by atoms with Crippen molar-refractivity contribution < 1.29 is 14.3 Å². The maximum absolute atomic E-state index is 12.5. The lowest BCUT2D eigenvalue weighted by atomic mass is 10.2. The Hall–Kier alpha value is -3.02. The van der Waals surface area contributed by atoms with Gasteiger partial charge >= 0.3 is 0 Å². The molecule has 26 heavy (non-hydrogen) atoms. The van der Waals surface area contributed by atoms with Crippen LogP contribution in [0.4, 0.5) is 11.4 Å². The highest BCUT2D eigenvalue weighted by Crippen LogP contribution is 2.40. The van der Waals surface area contributed by atoms with E-state index in [0.717, 1.165) is 24.4 Å². The molecule has 0 radical (unpaired) electrons. The molecule has 2 aromatic carbocycles. The number of hydrogen-bond acceptors (Lipinski definition) is 5. The molecule has 0 aromatic heterocycles. The van der Waals surface area contributed by atoms with Crippen LogP contribution in [0.5, 0.6) is 11.5 Å². The number of carbonyl (C=O) groups excluding carboxylic acids is 1. The van der Waals surface area contributed by atoms with Crippen LogP contribution in [-0.4, -0.2) is 24.0 Å². The van der Waals surface area contributed by atoms with Crippen LogP contribution < -0.4 is 19.8 Å². The van der Waals surface area contributed by atoms with E-state index in [1.807, 2.05) is 50.0 Å². The molecule has 4 rings (SSSR count). The van der Waals surface area contributed by atoms with Crippen LogP contribution in [0.2, 0.25) is 0 Å². The average molecular weight is 351 g/mol. The molecule has 0 atom stereocenters. The van der Waals surface area contributed by atoms with E-state index in [-0.39, 0.29) is 5.91 Å². The molecule has 2 aliphatic rings. The zero-order chi connectivity index (χ0) is 18.3. The van der Waals surface area contributed by atoms with Gasteiger partial charge in [-0.05, 0) is 43.3 Å². The summed E-state index contributed by atoms with van der Waals surface area (Å²) in [4.78, 5) is 12.5. The van der Waals surface area contributed by atoms with Gasteiger partial charge in [0.2, 0.25) is 5.79 Å². The Bertz CT molecular complexity index is 888. The van der Waals surface area contributed by atoms with Crippen LogP contribution in [0.15, 0.2) is 47.6 Å². The molecule has 2 aliphatic heterocycles. The zero-order valence-electron chi connectivity index (χ0n) is 15.1. The molecule has 0 saturated carbocycles. The molecule has 0 fully saturated rings. The molecule has 0 saturated heterocycles. The predicted octanol–water partition coefficient (Wildman–Crippen LogP) is 4.03. The van der Waals surface area contributed by atoms with E-state index in [1.54, 1.807) is 18.2 Å². The Morgan fingerprint density at radius 3 is 2.54 bits per heavy atom. The minimum absolute atomic E-state index is 0.171. The van der Waals surface area contributed by atoms with E-state index >= 15 is 0 Å². The molecular weight excluding hydrogens is 330 g/mol. The standard InChI is InChI=1S/C20H21N3O3/c1-13-10-11-23(22-13)16-7-4-14(5-8-16)19(24)21-15-6-9-17-18(12-15)26-20(2,3)25-17/h4-9,12H,10-11H2,1-3H3,(H,21,24). The number of carbonyl (C=O) groups is 1. The van der Waals surface area contributed by atoms with Gasteiger partial charge < -0.3 is 14.8 Å². The van der Waals surface area contributed by atoms with Gasteiger partial charge in [0.25, 0.3) is 5.91 Å². The average Bonchev–Trinajstić information content (AvgIpc) is 3.16. The Labute approximate surface area is 152 Å². The second-order valence-corrected chi connectivity index (χ2v) is 6.97. The van der Waals surface area contributed by atoms with E-state index in [2.05, 4.69) is 10.4 Å². The largest absolute Gasteiger partial charge is 0.449 e. The number of rotatable bonds is 3. The third-order valence-corrected chi connectivity index (χ3v) is 4.32. The number of anilines is 2. The van der Waals surface area contributed by atoms with Crippen LogP contribution in [0, 0.1) is 0 Å². The van der Waals surface area contributed by atoms with E-state index in [4.69, 9.17) is 9.47 Å². The maximum Gasteiger partial charge on any atom is 0.255 e. The lowest BCUT2D eigenvalue weighted by Gasteiger charge is -2.16. The van der Waals surface area contributed by atoms with Crippen molar-refractivity contribution in [1.29, 1.82) is 0 Å². The number of nitrogens with zero attached hydrogens (tertiary/aromatic N) is 2. The van der Waals surface area contributed by atoms with Crippen LogP contribution in [0.25, 0.3) is 0 Å². The lowest BCUT2D eigenvalue weighted by Crippen LogP contribution is -2.29. The predicted molar refractivity (Wildman–Crippen MR) is 101 cm³/mol. The molecular formula is C20H21N3O3. The van der Waals surface area contributed by atoms with Crippen LogP contribution in [-0.2, 0) is 0 Å². The van der Waals surface area contributed by atoms with Crippen molar-refractivity contribution in [3.63, 3.8) is 0 Å². The van der Waals surface area contributed by atoms with Crippen molar-refractivity contribution in [2.24, 2.45) is 5.10 Å². The fourth-order valence-electron chi connectivity index (χ4n) is 3.05. The smallest absolute Gasteiger partial charge is 0.255 e. The first-order valence-corrected chi connectivity index (χ1v) is 8.65. The minimum atomic E-state index is -0.683. The van der Waals surface area contributed by atoms with Crippen molar-refractivity contribution in [1.82, 2.24) is 0 Å². The van der Waals surface area contributed by atoms with Gasteiger partial charge in [-0.15, -0.1) is 0 Å². The summed E-state index contributed by atoms with van der Waals surface area (Å²) in [6.45, 7) is 6.59. The van der Waals surface area contributed by atoms with Crippen molar-refractivity contribution in [2.45, 2.75) is 33.0 Å². The Kier molecular flexibility index (Phi) is 3.83. The zero-order valence-corrected chi connectivity index (χ0v) is 15.1. The lowest BCUT2D eigenvalue weighted by molar-refractivity contribution is -0.0431. The van der Waals surface area contributed by atoms with E-state index in [1.165, 1.54) is 0 Å². The fraction of sp³-hybridized carbons (Fsp3) is 0.300. The van der Waals surface area contributed by atoms with Gasteiger partial charge in [-0.25, -0.2) is 0 Å². The van der Waals surface area contributed by atoms with Gasteiger partial charge in [-0.2, -0.15) is 5.10 Å². The number of hydrazone groups is 1. The van der Waals surface area contributed by atoms with Crippen molar-refractivity contribution in [3.05, 3.63) is 48.0 Å². The molecule has 2 heterocycles. The Morgan fingerprint density at radius 2 is 1.85 bits per heavy atom. The summed E-state index contributed by atoms with van der Waals surface area (Å²) in [5.41, 5.74) is 3.37. The molecule has 134 valence electrons. The highest BCUT2D eigenvalue weighted by atomic mass is 16.7. The molecule has 0 unspecified atom stereocenters. The highest BCUT2D eigenvalue weighted by molar-refractivity contribution is 6.04. The first-order valence-electron chi connectivity index (χ1n) is 8.65. The first kappa shape index (κ1) is 16.4. The normalized spacial score (nSPS) is 17.2. The van der Waals surface area contributed by atoms with Gasteiger partial charge in [0.05, 0.1) is 5.69 Å². The summed E-state index contributed by atoms with van der Waals surface area (Å²) in [6, 6.07) is 12.8. The molecule has 0 spiro atoms. The molecule has 0 bridgehead atoms. The highest BCUT2D eigenvalue weighted by Gasteiger charge is 2.31. The second kappa shape index (κ2) is 6.05. The summed E-state index contributed by atoms with van der Waals surface area (Å²) in [6.07, 6.45) is 0.975. The summed E-state index contributed by atoms with van der Waals surface area (Å²) in [7, 11) is 0. The summed E-state index contributed by atoms with van der Waals surface area (Å²) in [5.74, 6) is 0.456. The van der Waals surface area contributed by atoms with Gasteiger partial charge in [-0.1, -0.05) is 0 Å². The SMILES string of the molecule is CC1=NN(c2ccc(C(=O)Nc3ccc4c(c3)OC(C)(C)O4)cc2)CC1. The van der Waals surface area contributed by atoms with Crippen LogP contribution in [0.3, 0.4) is 0 Å². The molecule has 2 aromatic rings. The fourth-order valence-corrected chi connectivity index (χ4v) is 3.05. The minimum Gasteiger partial charge on any atom is -0.449 e. The summed E-state index contributed by atoms with van der Waals surface area (Å²) in [5, 5.41) is 9.32. The second-order valence-electron chi connectivity index (χ2n) is 6.97. The quantitative estimate of drug-likeness (QED) is 0.907. The third kappa shape index (κ3) is 3.22. The Morgan fingerprint density at radius 1 is 1.12 bits per heavy atom. The topological polar surface area (TPSA) is 63.2 Å². The number of fused-ring (bicyclic) bond motifs is 1. The van der Waals surface area contributed by atoms with Crippen molar-refractivity contribution >= 4 is 23.0 Å². The van der Waals surface area contributed by atoms with Gasteiger partial charge in [0, 0.05) is 49.8 Å². The van der Waals surface area contributed by atoms with Gasteiger partial charge in [0.15, 0.2) is 11.5 Å². The number of hydrogen-bond donors (Lipinski definition) is 1. The van der Waals surface area contributed by atoms with E-state index in [0.29, 0.717) is 22.7 Å². The summed E-state index contributed by atoms with van der Waals surface area (Å²) >= 11 is 0. The number of nitrogens with one attached hydrogen (secondary N) is 1. The van der Waals surface area contributed by atoms with E-state index in [9.17, 15) is 4.79 Å². The number of amides is 1.